The van der Waals surface area contributed by atoms with Crippen molar-refractivity contribution in [2.45, 2.75) is 36.3 Å². The number of carbonyl (C=O) groups is 1. The maximum atomic E-state index is 12.5. The summed E-state index contributed by atoms with van der Waals surface area (Å²) in [6, 6.07) is 5.25. The number of rotatable bonds is 10. The molecule has 26 heavy (non-hydrogen) atoms. The van der Waals surface area contributed by atoms with E-state index in [1.165, 1.54) is 23.1 Å². The molecule has 1 unspecified atom stereocenters. The lowest BCUT2D eigenvalue weighted by Crippen LogP contribution is -2.22. The highest BCUT2D eigenvalue weighted by Crippen LogP contribution is 2.30. The lowest BCUT2D eigenvalue weighted by atomic mass is 10.2. The number of hydrogen-bond donors (Lipinski definition) is 2. The van der Waals surface area contributed by atoms with Gasteiger partial charge in [-0.2, -0.15) is 0 Å². The molecule has 0 aliphatic carbocycles. The highest BCUT2D eigenvalue weighted by atomic mass is 32.2. The lowest BCUT2D eigenvalue weighted by Gasteiger charge is -2.12. The zero-order valence-corrected chi connectivity index (χ0v) is 17.0. The predicted molar refractivity (Wildman–Crippen MR) is 107 cm³/mol. The second-order valence-electron chi connectivity index (χ2n) is 5.50. The van der Waals surface area contributed by atoms with Crippen molar-refractivity contribution >= 4 is 39.8 Å². The molecule has 1 aromatic carbocycles. The minimum atomic E-state index is -0.316. The van der Waals surface area contributed by atoms with Gasteiger partial charge in [-0.1, -0.05) is 36.4 Å². The molecule has 0 radical (unpaired) electrons. The summed E-state index contributed by atoms with van der Waals surface area (Å²) in [7, 11) is 3.14. The molecule has 0 aliphatic heterocycles. The molecule has 1 atom stereocenters. The molecule has 2 rings (SSSR count). The van der Waals surface area contributed by atoms with Gasteiger partial charge in [-0.3, -0.25) is 4.79 Å². The number of unbranched alkanes of at least 4 members (excludes halogenated alkanes) is 1. The summed E-state index contributed by atoms with van der Waals surface area (Å²) in [6.45, 7) is 4.85. The zero-order valence-electron chi connectivity index (χ0n) is 15.4. The average molecular weight is 397 g/mol. The number of nitrogens with one attached hydrogen (secondary N) is 2. The van der Waals surface area contributed by atoms with Crippen LogP contribution in [0.5, 0.6) is 11.5 Å². The van der Waals surface area contributed by atoms with Gasteiger partial charge in [0.25, 0.3) is 0 Å². The number of benzene rings is 1. The Morgan fingerprint density at radius 2 is 1.92 bits per heavy atom. The van der Waals surface area contributed by atoms with Crippen LogP contribution in [-0.4, -0.2) is 42.1 Å². The topological polar surface area (TPSA) is 85.4 Å². The number of methoxy groups -OCH3 is 2. The number of ether oxygens (including phenoxy) is 2. The van der Waals surface area contributed by atoms with E-state index in [0.29, 0.717) is 17.2 Å². The third-order valence-corrected chi connectivity index (χ3v) is 5.54. The van der Waals surface area contributed by atoms with Crippen LogP contribution >= 0.6 is 23.1 Å². The Hall–Kier alpha value is -2.00. The van der Waals surface area contributed by atoms with Gasteiger partial charge in [0.1, 0.15) is 11.5 Å². The van der Waals surface area contributed by atoms with E-state index in [2.05, 4.69) is 27.8 Å². The standard InChI is InChI=1S/C17H24N4O3S2/c1-5-6-7-18-16-20-21-17(26-16)25-11(2)15(22)19-12-8-13(23-3)10-14(9-12)24-4/h8-11H,5-7H2,1-4H3,(H,18,20)(H,19,22). The molecule has 0 saturated heterocycles. The van der Waals surface area contributed by atoms with Gasteiger partial charge in [-0.15, -0.1) is 10.2 Å². The van der Waals surface area contributed by atoms with Gasteiger partial charge in [0, 0.05) is 30.4 Å². The number of aromatic nitrogens is 2. The van der Waals surface area contributed by atoms with Gasteiger partial charge in [0.15, 0.2) is 4.34 Å². The van der Waals surface area contributed by atoms with Crippen LogP contribution in [0.25, 0.3) is 0 Å². The Balaban J connectivity index is 1.93. The van der Waals surface area contributed by atoms with Crippen LogP contribution < -0.4 is 20.1 Å². The van der Waals surface area contributed by atoms with E-state index in [1.807, 2.05) is 6.92 Å². The maximum Gasteiger partial charge on any atom is 0.237 e. The zero-order chi connectivity index (χ0) is 18.9. The molecule has 2 N–H and O–H groups in total. The van der Waals surface area contributed by atoms with E-state index in [1.54, 1.807) is 32.4 Å². The van der Waals surface area contributed by atoms with Crippen molar-refractivity contribution in [2.75, 3.05) is 31.4 Å². The predicted octanol–water partition coefficient (Wildman–Crippen LogP) is 3.89. The average Bonchev–Trinajstić information content (AvgIpc) is 3.08. The Morgan fingerprint density at radius 3 is 2.54 bits per heavy atom. The molecule has 0 bridgehead atoms. The van der Waals surface area contributed by atoms with Crippen LogP contribution in [0.15, 0.2) is 22.5 Å². The first-order valence-electron chi connectivity index (χ1n) is 8.33. The molecule has 0 spiro atoms. The van der Waals surface area contributed by atoms with E-state index in [0.717, 1.165) is 28.9 Å². The third-order valence-electron chi connectivity index (χ3n) is 3.48. The molecule has 0 saturated carbocycles. The minimum absolute atomic E-state index is 0.124. The monoisotopic (exact) mass is 396 g/mol. The van der Waals surface area contributed by atoms with Gasteiger partial charge in [-0.05, 0) is 13.3 Å². The lowest BCUT2D eigenvalue weighted by molar-refractivity contribution is -0.115. The van der Waals surface area contributed by atoms with E-state index in [4.69, 9.17) is 9.47 Å². The second-order valence-corrected chi connectivity index (χ2v) is 8.07. The first kappa shape index (κ1) is 20.3. The number of thioether (sulfide) groups is 1. The maximum absolute atomic E-state index is 12.5. The van der Waals surface area contributed by atoms with Crippen molar-refractivity contribution in [1.29, 1.82) is 0 Å². The van der Waals surface area contributed by atoms with Crippen molar-refractivity contribution < 1.29 is 14.3 Å². The molecule has 1 heterocycles. The molecule has 0 aliphatic rings. The first-order chi connectivity index (χ1) is 12.5. The summed E-state index contributed by atoms with van der Waals surface area (Å²) in [6.07, 6.45) is 2.21. The number of carbonyl (C=O) groups excluding carboxylic acids is 1. The van der Waals surface area contributed by atoms with Crippen molar-refractivity contribution in [1.82, 2.24) is 10.2 Å². The molecule has 7 nitrogen and oxygen atoms in total. The highest BCUT2D eigenvalue weighted by molar-refractivity contribution is 8.02. The van der Waals surface area contributed by atoms with E-state index in [9.17, 15) is 4.79 Å². The third kappa shape index (κ3) is 6.06. The Morgan fingerprint density at radius 1 is 1.23 bits per heavy atom. The SMILES string of the molecule is CCCCNc1nnc(SC(C)C(=O)Nc2cc(OC)cc(OC)c2)s1. The summed E-state index contributed by atoms with van der Waals surface area (Å²) in [4.78, 5) is 12.5. The molecular formula is C17H24N4O3S2. The summed E-state index contributed by atoms with van der Waals surface area (Å²) in [5.74, 6) is 1.11. The summed E-state index contributed by atoms with van der Waals surface area (Å²) in [5, 5.41) is 14.8. The van der Waals surface area contributed by atoms with Gasteiger partial charge in [0.2, 0.25) is 11.0 Å². The van der Waals surface area contributed by atoms with Crippen LogP contribution in [0.2, 0.25) is 0 Å². The smallest absolute Gasteiger partial charge is 0.237 e. The quantitative estimate of drug-likeness (QED) is 0.465. The molecule has 2 aromatic rings. The fraction of sp³-hybridized carbons (Fsp3) is 0.471. The Bertz CT molecular complexity index is 702. The van der Waals surface area contributed by atoms with Gasteiger partial charge >= 0.3 is 0 Å². The Kier molecular flexibility index (Phi) is 7.99. The molecular weight excluding hydrogens is 372 g/mol. The molecule has 0 fully saturated rings. The number of hydrogen-bond acceptors (Lipinski definition) is 8. The fourth-order valence-electron chi connectivity index (χ4n) is 2.03. The molecule has 142 valence electrons. The van der Waals surface area contributed by atoms with Crippen molar-refractivity contribution in [3.63, 3.8) is 0 Å². The van der Waals surface area contributed by atoms with Crippen LogP contribution in [0.4, 0.5) is 10.8 Å². The molecule has 9 heteroatoms. The van der Waals surface area contributed by atoms with E-state index >= 15 is 0 Å². The summed E-state index contributed by atoms with van der Waals surface area (Å²) in [5.41, 5.74) is 0.623. The Labute approximate surface area is 161 Å². The number of amides is 1. The van der Waals surface area contributed by atoms with Gasteiger partial charge < -0.3 is 20.1 Å². The van der Waals surface area contributed by atoms with Crippen LogP contribution in [-0.2, 0) is 4.79 Å². The van der Waals surface area contributed by atoms with Gasteiger partial charge in [-0.25, -0.2) is 0 Å². The first-order valence-corrected chi connectivity index (χ1v) is 10.0. The summed E-state index contributed by atoms with van der Waals surface area (Å²) < 4.78 is 11.2. The number of nitrogens with zero attached hydrogens (tertiary/aromatic N) is 2. The van der Waals surface area contributed by atoms with E-state index < -0.39 is 0 Å². The van der Waals surface area contributed by atoms with Crippen LogP contribution in [0, 0.1) is 0 Å². The molecule has 1 aromatic heterocycles. The largest absolute Gasteiger partial charge is 0.497 e. The normalized spacial score (nSPS) is 11.7. The minimum Gasteiger partial charge on any atom is -0.497 e. The van der Waals surface area contributed by atoms with Crippen molar-refractivity contribution in [3.8, 4) is 11.5 Å². The fourth-order valence-corrected chi connectivity index (χ4v) is 3.95. The van der Waals surface area contributed by atoms with E-state index in [-0.39, 0.29) is 11.2 Å². The van der Waals surface area contributed by atoms with Crippen molar-refractivity contribution in [2.24, 2.45) is 0 Å². The van der Waals surface area contributed by atoms with Crippen molar-refractivity contribution in [3.05, 3.63) is 18.2 Å². The number of anilines is 2. The molecule has 1 amide bonds. The van der Waals surface area contributed by atoms with Gasteiger partial charge in [0.05, 0.1) is 19.5 Å². The van der Waals surface area contributed by atoms with Crippen LogP contribution in [0.1, 0.15) is 26.7 Å². The summed E-state index contributed by atoms with van der Waals surface area (Å²) >= 11 is 2.84. The second kappa shape index (κ2) is 10.2. The highest BCUT2D eigenvalue weighted by Gasteiger charge is 2.18. The van der Waals surface area contributed by atoms with Crippen LogP contribution in [0.3, 0.4) is 0 Å².